The molecule has 0 spiro atoms. The highest BCUT2D eigenvalue weighted by Gasteiger charge is 2.14. The SMILES string of the molecule is CCCC(C)S(=O)c1ccncc1N. The second kappa shape index (κ2) is 5.10. The fraction of sp³-hybridized carbons (Fsp3) is 0.500. The summed E-state index contributed by atoms with van der Waals surface area (Å²) in [7, 11) is -1.00. The number of pyridine rings is 1. The first-order chi connectivity index (χ1) is 6.66. The maximum Gasteiger partial charge on any atom is 0.0664 e. The zero-order chi connectivity index (χ0) is 10.6. The summed E-state index contributed by atoms with van der Waals surface area (Å²) in [5.41, 5.74) is 6.22. The van der Waals surface area contributed by atoms with Crippen molar-refractivity contribution in [1.82, 2.24) is 4.98 Å². The highest BCUT2D eigenvalue weighted by molar-refractivity contribution is 7.85. The summed E-state index contributed by atoms with van der Waals surface area (Å²) < 4.78 is 12.0. The summed E-state index contributed by atoms with van der Waals surface area (Å²) >= 11 is 0. The zero-order valence-electron chi connectivity index (χ0n) is 8.56. The van der Waals surface area contributed by atoms with Crippen LogP contribution in [0.2, 0.25) is 0 Å². The third-order valence-corrected chi connectivity index (χ3v) is 3.86. The van der Waals surface area contributed by atoms with Crippen LogP contribution in [0.1, 0.15) is 26.7 Å². The Balaban J connectivity index is 2.84. The normalized spacial score (nSPS) is 15.0. The predicted octanol–water partition coefficient (Wildman–Crippen LogP) is 1.96. The van der Waals surface area contributed by atoms with Crippen LogP contribution < -0.4 is 5.73 Å². The Labute approximate surface area is 87.2 Å². The maximum absolute atomic E-state index is 12.0. The molecule has 2 atom stereocenters. The Bertz CT molecular complexity index is 328. The van der Waals surface area contributed by atoms with Crippen molar-refractivity contribution in [3.8, 4) is 0 Å². The Kier molecular flexibility index (Phi) is 4.07. The minimum absolute atomic E-state index is 0.157. The molecule has 1 rings (SSSR count). The van der Waals surface area contributed by atoms with E-state index < -0.39 is 10.8 Å². The van der Waals surface area contributed by atoms with Crippen molar-refractivity contribution >= 4 is 16.5 Å². The molecule has 0 aliphatic carbocycles. The van der Waals surface area contributed by atoms with Gasteiger partial charge >= 0.3 is 0 Å². The molecule has 0 saturated carbocycles. The topological polar surface area (TPSA) is 56.0 Å². The number of hydrogen-bond acceptors (Lipinski definition) is 3. The molecule has 2 unspecified atom stereocenters. The first-order valence-electron chi connectivity index (χ1n) is 4.76. The van der Waals surface area contributed by atoms with E-state index in [9.17, 15) is 4.21 Å². The molecule has 78 valence electrons. The van der Waals surface area contributed by atoms with E-state index in [4.69, 9.17) is 5.73 Å². The van der Waals surface area contributed by atoms with Crippen molar-refractivity contribution in [2.45, 2.75) is 36.8 Å². The molecule has 1 aromatic rings. The molecule has 14 heavy (non-hydrogen) atoms. The number of aromatic nitrogens is 1. The molecule has 1 aromatic heterocycles. The van der Waals surface area contributed by atoms with Gasteiger partial charge in [0.2, 0.25) is 0 Å². The molecule has 0 amide bonds. The highest BCUT2D eigenvalue weighted by Crippen LogP contribution is 2.19. The number of nitrogen functional groups attached to an aromatic ring is 1. The summed E-state index contributed by atoms with van der Waals surface area (Å²) in [6, 6.07) is 1.73. The van der Waals surface area contributed by atoms with Gasteiger partial charge in [0.15, 0.2) is 0 Å². The Hall–Kier alpha value is -0.900. The Morgan fingerprint density at radius 2 is 2.36 bits per heavy atom. The summed E-state index contributed by atoms with van der Waals surface area (Å²) in [5, 5.41) is 0.157. The van der Waals surface area contributed by atoms with Gasteiger partial charge in [-0.1, -0.05) is 20.3 Å². The van der Waals surface area contributed by atoms with Crippen molar-refractivity contribution in [1.29, 1.82) is 0 Å². The van der Waals surface area contributed by atoms with Gasteiger partial charge < -0.3 is 5.73 Å². The standard InChI is InChI=1S/C10H16N2OS/c1-3-4-8(2)14(13)10-5-6-12-7-9(10)11/h5-8H,3-4,11H2,1-2H3. The highest BCUT2D eigenvalue weighted by atomic mass is 32.2. The third kappa shape index (κ3) is 2.54. The summed E-state index contributed by atoms with van der Waals surface area (Å²) in [6.07, 6.45) is 5.17. The van der Waals surface area contributed by atoms with Crippen LogP contribution in [0, 0.1) is 0 Å². The van der Waals surface area contributed by atoms with Crippen LogP contribution in [0.15, 0.2) is 23.4 Å². The molecule has 4 heteroatoms. The van der Waals surface area contributed by atoms with E-state index in [0.717, 1.165) is 12.8 Å². The lowest BCUT2D eigenvalue weighted by atomic mass is 10.3. The lowest BCUT2D eigenvalue weighted by molar-refractivity contribution is 0.662. The van der Waals surface area contributed by atoms with Crippen LogP contribution in [-0.2, 0) is 10.8 Å². The van der Waals surface area contributed by atoms with Crippen LogP contribution in [0.3, 0.4) is 0 Å². The molecule has 0 aliphatic heterocycles. The van der Waals surface area contributed by atoms with Gasteiger partial charge in [-0.15, -0.1) is 0 Å². The average Bonchev–Trinajstić information content (AvgIpc) is 2.18. The average molecular weight is 212 g/mol. The van der Waals surface area contributed by atoms with E-state index in [0.29, 0.717) is 10.6 Å². The molecule has 0 fully saturated rings. The van der Waals surface area contributed by atoms with Gasteiger partial charge in [-0.3, -0.25) is 9.19 Å². The van der Waals surface area contributed by atoms with E-state index in [2.05, 4.69) is 11.9 Å². The van der Waals surface area contributed by atoms with Gasteiger partial charge in [-0.05, 0) is 12.5 Å². The van der Waals surface area contributed by atoms with E-state index in [-0.39, 0.29) is 5.25 Å². The largest absolute Gasteiger partial charge is 0.396 e. The van der Waals surface area contributed by atoms with Crippen molar-refractivity contribution in [3.63, 3.8) is 0 Å². The van der Waals surface area contributed by atoms with Crippen molar-refractivity contribution in [2.24, 2.45) is 0 Å². The summed E-state index contributed by atoms with van der Waals surface area (Å²) in [4.78, 5) is 4.58. The fourth-order valence-electron chi connectivity index (χ4n) is 1.31. The smallest absolute Gasteiger partial charge is 0.0664 e. The minimum atomic E-state index is -1.00. The lowest BCUT2D eigenvalue weighted by Gasteiger charge is -2.11. The van der Waals surface area contributed by atoms with Crippen molar-refractivity contribution in [2.75, 3.05) is 5.73 Å². The van der Waals surface area contributed by atoms with Crippen LogP contribution in [-0.4, -0.2) is 14.4 Å². The Morgan fingerprint density at radius 1 is 1.64 bits per heavy atom. The minimum Gasteiger partial charge on any atom is -0.396 e. The van der Waals surface area contributed by atoms with Gasteiger partial charge in [0.1, 0.15) is 0 Å². The van der Waals surface area contributed by atoms with Crippen LogP contribution in [0.25, 0.3) is 0 Å². The van der Waals surface area contributed by atoms with Gasteiger partial charge in [-0.25, -0.2) is 0 Å². The number of hydrogen-bond donors (Lipinski definition) is 1. The number of rotatable bonds is 4. The maximum atomic E-state index is 12.0. The molecule has 1 heterocycles. The lowest BCUT2D eigenvalue weighted by Crippen LogP contribution is -2.12. The van der Waals surface area contributed by atoms with E-state index in [1.54, 1.807) is 18.5 Å². The molecule has 0 bridgehead atoms. The van der Waals surface area contributed by atoms with E-state index in [1.807, 2.05) is 6.92 Å². The predicted molar refractivity (Wildman–Crippen MR) is 59.4 cm³/mol. The monoisotopic (exact) mass is 212 g/mol. The first-order valence-corrected chi connectivity index (χ1v) is 5.98. The van der Waals surface area contributed by atoms with Crippen LogP contribution in [0.5, 0.6) is 0 Å². The van der Waals surface area contributed by atoms with E-state index in [1.165, 1.54) is 0 Å². The van der Waals surface area contributed by atoms with E-state index >= 15 is 0 Å². The van der Waals surface area contributed by atoms with Crippen LogP contribution >= 0.6 is 0 Å². The fourth-order valence-corrected chi connectivity index (χ4v) is 2.67. The molecule has 3 nitrogen and oxygen atoms in total. The zero-order valence-corrected chi connectivity index (χ0v) is 9.38. The number of nitrogens with zero attached hydrogens (tertiary/aromatic N) is 1. The Morgan fingerprint density at radius 3 is 2.93 bits per heavy atom. The van der Waals surface area contributed by atoms with Crippen molar-refractivity contribution < 1.29 is 4.21 Å². The molecular weight excluding hydrogens is 196 g/mol. The molecule has 0 aliphatic rings. The third-order valence-electron chi connectivity index (χ3n) is 2.09. The summed E-state index contributed by atoms with van der Waals surface area (Å²) in [5.74, 6) is 0. The van der Waals surface area contributed by atoms with Gasteiger partial charge in [-0.2, -0.15) is 0 Å². The second-order valence-corrected chi connectivity index (χ2v) is 5.15. The second-order valence-electron chi connectivity index (χ2n) is 3.31. The van der Waals surface area contributed by atoms with Gasteiger partial charge in [0.05, 0.1) is 27.6 Å². The number of anilines is 1. The number of nitrogens with two attached hydrogens (primary N) is 1. The molecule has 0 aromatic carbocycles. The first kappa shape index (κ1) is 11.2. The molecular formula is C10H16N2OS. The molecule has 0 radical (unpaired) electrons. The van der Waals surface area contributed by atoms with Gasteiger partial charge in [0, 0.05) is 11.4 Å². The molecule has 2 N–H and O–H groups in total. The van der Waals surface area contributed by atoms with Gasteiger partial charge in [0.25, 0.3) is 0 Å². The quantitative estimate of drug-likeness (QED) is 0.830. The molecule has 0 saturated heterocycles. The van der Waals surface area contributed by atoms with Crippen molar-refractivity contribution in [3.05, 3.63) is 18.5 Å². The summed E-state index contributed by atoms with van der Waals surface area (Å²) in [6.45, 7) is 4.07. The van der Waals surface area contributed by atoms with Crippen LogP contribution in [0.4, 0.5) is 5.69 Å².